The van der Waals surface area contributed by atoms with Crippen LogP contribution in [-0.4, -0.2) is 25.5 Å². The molecule has 0 aliphatic carbocycles. The first-order chi connectivity index (χ1) is 4.16. The molecule has 52 valence electrons. The van der Waals surface area contributed by atoms with Crippen LogP contribution in [0.2, 0.25) is 0 Å². The van der Waals surface area contributed by atoms with E-state index in [1.807, 2.05) is 5.32 Å². The second kappa shape index (κ2) is 3.85. The van der Waals surface area contributed by atoms with Crippen molar-refractivity contribution in [3.05, 3.63) is 0 Å². The summed E-state index contributed by atoms with van der Waals surface area (Å²) >= 11 is 0. The van der Waals surface area contributed by atoms with E-state index < -0.39 is 11.9 Å². The van der Waals surface area contributed by atoms with Gasteiger partial charge in [0.25, 0.3) is 0 Å². The number of nitrogens with one attached hydrogen (secondary N) is 2. The van der Waals surface area contributed by atoms with Crippen molar-refractivity contribution in [2.45, 2.75) is 0 Å². The van der Waals surface area contributed by atoms with Crippen LogP contribution in [-0.2, 0) is 4.79 Å². The van der Waals surface area contributed by atoms with Crippen LogP contribution in [0.5, 0.6) is 0 Å². The Hall–Kier alpha value is -1.10. The van der Waals surface area contributed by atoms with Crippen LogP contribution in [0.3, 0.4) is 0 Å². The molecule has 0 saturated carbocycles. The Bertz CT molecular complexity index is 123. The fraction of sp³-hybridized carbons (Fsp3) is 0.500. The average Bonchev–Trinajstić information content (AvgIpc) is 1.63. The lowest BCUT2D eigenvalue weighted by molar-refractivity contribution is -0.119. The predicted octanol–water partition coefficient (Wildman–Crippen LogP) is -1.60. The van der Waals surface area contributed by atoms with E-state index in [2.05, 4.69) is 11.1 Å². The highest BCUT2D eigenvalue weighted by molar-refractivity contribution is 5.94. The van der Waals surface area contributed by atoms with Gasteiger partial charge in [-0.3, -0.25) is 10.1 Å². The quantitative estimate of drug-likeness (QED) is 0.422. The molecule has 0 unspecified atom stereocenters. The van der Waals surface area contributed by atoms with Gasteiger partial charge < -0.3 is 11.1 Å². The van der Waals surface area contributed by atoms with E-state index in [1.165, 1.54) is 0 Å². The first-order valence-electron chi connectivity index (χ1n) is 2.40. The van der Waals surface area contributed by atoms with Crippen LogP contribution in [0, 0.1) is 0 Å². The van der Waals surface area contributed by atoms with Gasteiger partial charge in [0, 0.05) is 0 Å². The van der Waals surface area contributed by atoms with Crippen molar-refractivity contribution in [1.82, 2.24) is 10.6 Å². The Morgan fingerprint density at radius 2 is 2.11 bits per heavy atom. The topological polar surface area (TPSA) is 84.2 Å². The first-order valence-corrected chi connectivity index (χ1v) is 2.40. The number of hydrogen-bond donors (Lipinski definition) is 3. The van der Waals surface area contributed by atoms with E-state index >= 15 is 0 Å². The van der Waals surface area contributed by atoms with Gasteiger partial charge >= 0.3 is 6.03 Å². The second-order valence-electron chi connectivity index (χ2n) is 1.44. The SMILES string of the molecule is CNCC(=O)NC(N)=O. The maximum Gasteiger partial charge on any atom is 0.318 e. The van der Waals surface area contributed by atoms with Gasteiger partial charge in [0.05, 0.1) is 6.54 Å². The number of imide groups is 1. The molecule has 4 N–H and O–H groups in total. The van der Waals surface area contributed by atoms with Crippen molar-refractivity contribution >= 4 is 11.9 Å². The summed E-state index contributed by atoms with van der Waals surface area (Å²) in [5.41, 5.74) is 4.62. The molecule has 0 aromatic heterocycles. The lowest BCUT2D eigenvalue weighted by Crippen LogP contribution is -2.39. The Morgan fingerprint density at radius 3 is 2.44 bits per heavy atom. The van der Waals surface area contributed by atoms with Crippen LogP contribution in [0.25, 0.3) is 0 Å². The molecule has 0 aromatic carbocycles. The summed E-state index contributed by atoms with van der Waals surface area (Å²) in [5.74, 6) is -0.426. The predicted molar refractivity (Wildman–Crippen MR) is 31.7 cm³/mol. The summed E-state index contributed by atoms with van der Waals surface area (Å²) in [6, 6.07) is -0.824. The third kappa shape index (κ3) is 4.76. The minimum Gasteiger partial charge on any atom is -0.351 e. The fourth-order valence-electron chi connectivity index (χ4n) is 0.342. The van der Waals surface area contributed by atoms with Crippen LogP contribution in [0.15, 0.2) is 0 Å². The van der Waals surface area contributed by atoms with Gasteiger partial charge in [-0.2, -0.15) is 0 Å². The number of amides is 3. The molecule has 0 rings (SSSR count). The maximum atomic E-state index is 10.4. The fourth-order valence-corrected chi connectivity index (χ4v) is 0.342. The van der Waals surface area contributed by atoms with Crippen LogP contribution < -0.4 is 16.4 Å². The summed E-state index contributed by atoms with van der Waals surface area (Å²) in [6.07, 6.45) is 0. The van der Waals surface area contributed by atoms with Gasteiger partial charge in [-0.05, 0) is 7.05 Å². The van der Waals surface area contributed by atoms with Crippen molar-refractivity contribution in [3.63, 3.8) is 0 Å². The molecule has 9 heavy (non-hydrogen) atoms. The van der Waals surface area contributed by atoms with Crippen molar-refractivity contribution in [2.24, 2.45) is 5.73 Å². The Balaban J connectivity index is 3.39. The zero-order chi connectivity index (χ0) is 7.28. The van der Waals surface area contributed by atoms with Gasteiger partial charge in [-0.15, -0.1) is 0 Å². The lowest BCUT2D eigenvalue weighted by Gasteiger charge is -1.96. The zero-order valence-electron chi connectivity index (χ0n) is 5.10. The minimum absolute atomic E-state index is 0.100. The van der Waals surface area contributed by atoms with Crippen LogP contribution in [0.1, 0.15) is 0 Å². The van der Waals surface area contributed by atoms with E-state index in [1.54, 1.807) is 7.05 Å². The summed E-state index contributed by atoms with van der Waals surface area (Å²) < 4.78 is 0. The highest BCUT2D eigenvalue weighted by Crippen LogP contribution is 1.59. The Labute approximate surface area is 52.6 Å². The number of carbonyl (C=O) groups excluding carboxylic acids is 2. The van der Waals surface area contributed by atoms with Crippen molar-refractivity contribution in [2.75, 3.05) is 13.6 Å². The highest BCUT2D eigenvalue weighted by atomic mass is 16.2. The summed E-state index contributed by atoms with van der Waals surface area (Å²) in [6.45, 7) is 0.100. The van der Waals surface area contributed by atoms with Crippen LogP contribution in [0.4, 0.5) is 4.79 Å². The summed E-state index contributed by atoms with van der Waals surface area (Å²) in [5, 5.41) is 4.43. The molecule has 0 aromatic rings. The molecule has 0 radical (unpaired) electrons. The Morgan fingerprint density at radius 1 is 1.56 bits per heavy atom. The lowest BCUT2D eigenvalue weighted by atomic mass is 10.6. The number of hydrogen-bond acceptors (Lipinski definition) is 3. The van der Waals surface area contributed by atoms with Gasteiger partial charge in [-0.1, -0.05) is 0 Å². The third-order valence-corrected chi connectivity index (χ3v) is 0.600. The van der Waals surface area contributed by atoms with E-state index in [0.29, 0.717) is 0 Å². The molecule has 3 amide bonds. The molecule has 0 saturated heterocycles. The number of carbonyl (C=O) groups is 2. The first kappa shape index (κ1) is 7.90. The molecule has 5 heteroatoms. The molecule has 0 fully saturated rings. The number of urea groups is 1. The van der Waals surface area contributed by atoms with E-state index in [4.69, 9.17) is 0 Å². The van der Waals surface area contributed by atoms with Gasteiger partial charge in [0.15, 0.2) is 0 Å². The highest BCUT2D eigenvalue weighted by Gasteiger charge is 1.99. The van der Waals surface area contributed by atoms with Gasteiger partial charge in [0.2, 0.25) is 5.91 Å². The van der Waals surface area contributed by atoms with E-state index in [-0.39, 0.29) is 6.54 Å². The van der Waals surface area contributed by atoms with Crippen molar-refractivity contribution in [3.8, 4) is 0 Å². The van der Waals surface area contributed by atoms with Gasteiger partial charge in [0.1, 0.15) is 0 Å². The van der Waals surface area contributed by atoms with Crippen LogP contribution >= 0.6 is 0 Å². The molecular formula is C4H9N3O2. The Kier molecular flexibility index (Phi) is 3.38. The summed E-state index contributed by atoms with van der Waals surface area (Å²) in [4.78, 5) is 20.3. The monoisotopic (exact) mass is 131 g/mol. The molecule has 0 spiro atoms. The second-order valence-corrected chi connectivity index (χ2v) is 1.44. The van der Waals surface area contributed by atoms with Crippen molar-refractivity contribution in [1.29, 1.82) is 0 Å². The minimum atomic E-state index is -0.824. The number of primary amides is 1. The molecule has 0 atom stereocenters. The zero-order valence-corrected chi connectivity index (χ0v) is 5.10. The third-order valence-electron chi connectivity index (χ3n) is 0.600. The largest absolute Gasteiger partial charge is 0.351 e. The standard InChI is InChI=1S/C4H9N3O2/c1-6-2-3(8)7-4(5)9/h6H,2H2,1H3,(H3,5,7,8,9). The van der Waals surface area contributed by atoms with E-state index in [9.17, 15) is 9.59 Å². The smallest absolute Gasteiger partial charge is 0.318 e. The molecule has 0 aliphatic rings. The maximum absolute atomic E-state index is 10.4. The average molecular weight is 131 g/mol. The van der Waals surface area contributed by atoms with Gasteiger partial charge in [-0.25, -0.2) is 4.79 Å². The molecular weight excluding hydrogens is 122 g/mol. The summed E-state index contributed by atoms with van der Waals surface area (Å²) in [7, 11) is 1.60. The number of nitrogens with two attached hydrogens (primary N) is 1. The number of likely N-dealkylation sites (N-methyl/N-ethyl adjacent to an activating group) is 1. The molecule has 5 nitrogen and oxygen atoms in total. The molecule has 0 aliphatic heterocycles. The van der Waals surface area contributed by atoms with E-state index in [0.717, 1.165) is 0 Å². The normalized spacial score (nSPS) is 8.56. The van der Waals surface area contributed by atoms with Crippen molar-refractivity contribution < 1.29 is 9.59 Å². The number of rotatable bonds is 2. The molecule has 0 heterocycles. The molecule has 0 bridgehead atoms.